The lowest BCUT2D eigenvalue weighted by molar-refractivity contribution is -0.140. The molecule has 2 aromatic carbocycles. The number of anilines is 2. The lowest BCUT2D eigenvalue weighted by Crippen LogP contribution is -2.50. The predicted molar refractivity (Wildman–Crippen MR) is 144 cm³/mol. The molecule has 0 unspecified atom stereocenters. The normalized spacial score (nSPS) is 16.8. The van der Waals surface area contributed by atoms with E-state index in [0.29, 0.717) is 43.2 Å². The molecule has 2 fully saturated rings. The highest BCUT2D eigenvalue weighted by atomic mass is 16.7. The number of rotatable bonds is 6. The van der Waals surface area contributed by atoms with Gasteiger partial charge in [0.15, 0.2) is 5.70 Å². The van der Waals surface area contributed by atoms with E-state index in [4.69, 9.17) is 9.57 Å². The van der Waals surface area contributed by atoms with Gasteiger partial charge in [-0.15, -0.1) is 0 Å². The van der Waals surface area contributed by atoms with Crippen LogP contribution >= 0.6 is 0 Å². The van der Waals surface area contributed by atoms with E-state index in [1.165, 1.54) is 11.1 Å². The summed E-state index contributed by atoms with van der Waals surface area (Å²) in [5.74, 6) is -0.334. The zero-order chi connectivity index (χ0) is 27.2. The van der Waals surface area contributed by atoms with E-state index in [1.54, 1.807) is 72.8 Å². The highest BCUT2D eigenvalue weighted by molar-refractivity contribution is 6.45. The Hall–Kier alpha value is -5.03. The van der Waals surface area contributed by atoms with Gasteiger partial charge in [0.25, 0.3) is 11.8 Å². The SMILES string of the molecule is COc1ccc(N2NOC(=O)/C2=C\C(=NC(=O)c2ccccc2)C(=O)N2CCN(c3ccccn3)CC2)cc1. The second-order valence-electron chi connectivity index (χ2n) is 8.68. The van der Waals surface area contributed by atoms with Gasteiger partial charge in [-0.25, -0.2) is 19.8 Å². The van der Waals surface area contributed by atoms with Gasteiger partial charge in [-0.1, -0.05) is 29.9 Å². The molecule has 1 N–H and O–H groups in total. The second kappa shape index (κ2) is 11.6. The summed E-state index contributed by atoms with van der Waals surface area (Å²) in [4.78, 5) is 56.6. The number of ether oxygens (including phenoxy) is 1. The Balaban J connectivity index is 1.44. The van der Waals surface area contributed by atoms with Gasteiger partial charge in [-0.3, -0.25) is 9.59 Å². The van der Waals surface area contributed by atoms with Crippen LogP contribution < -0.4 is 20.2 Å². The number of hydrazine groups is 1. The summed E-state index contributed by atoms with van der Waals surface area (Å²) >= 11 is 0. The van der Waals surface area contributed by atoms with Gasteiger partial charge in [0, 0.05) is 44.0 Å². The average molecular weight is 527 g/mol. The molecule has 3 aromatic rings. The molecule has 11 heteroatoms. The van der Waals surface area contributed by atoms with Crippen LogP contribution in [0.2, 0.25) is 0 Å². The minimum Gasteiger partial charge on any atom is -0.497 e. The Morgan fingerprint density at radius 2 is 1.69 bits per heavy atom. The van der Waals surface area contributed by atoms with Crippen LogP contribution in [0.4, 0.5) is 11.5 Å². The zero-order valence-corrected chi connectivity index (χ0v) is 21.2. The summed E-state index contributed by atoms with van der Waals surface area (Å²) in [6.45, 7) is 1.89. The van der Waals surface area contributed by atoms with Crippen molar-refractivity contribution in [1.82, 2.24) is 15.5 Å². The van der Waals surface area contributed by atoms with Crippen LogP contribution in [0.15, 0.2) is 95.8 Å². The summed E-state index contributed by atoms with van der Waals surface area (Å²) < 4.78 is 5.20. The predicted octanol–water partition coefficient (Wildman–Crippen LogP) is 2.39. The van der Waals surface area contributed by atoms with E-state index < -0.39 is 17.8 Å². The van der Waals surface area contributed by atoms with Crippen molar-refractivity contribution in [2.75, 3.05) is 43.2 Å². The Morgan fingerprint density at radius 3 is 2.36 bits per heavy atom. The van der Waals surface area contributed by atoms with Crippen LogP contribution in [0, 0.1) is 0 Å². The molecular weight excluding hydrogens is 500 g/mol. The molecule has 0 saturated carbocycles. The molecular formula is C28H26N6O5. The molecule has 2 aliphatic heterocycles. The van der Waals surface area contributed by atoms with Crippen LogP contribution in [0.1, 0.15) is 10.4 Å². The first-order valence-corrected chi connectivity index (χ1v) is 12.3. The number of carbonyl (C=O) groups excluding carboxylic acids is 3. The summed E-state index contributed by atoms with van der Waals surface area (Å²) in [6.07, 6.45) is 3.00. The molecule has 0 aliphatic carbocycles. The Labute approximate surface area is 224 Å². The number of pyridine rings is 1. The number of nitrogens with zero attached hydrogens (tertiary/aromatic N) is 5. The van der Waals surface area contributed by atoms with Crippen molar-refractivity contribution in [1.29, 1.82) is 0 Å². The van der Waals surface area contributed by atoms with Crippen LogP contribution in [0.25, 0.3) is 0 Å². The van der Waals surface area contributed by atoms with E-state index in [9.17, 15) is 14.4 Å². The number of benzene rings is 2. The molecule has 5 rings (SSSR count). The Morgan fingerprint density at radius 1 is 0.974 bits per heavy atom. The molecule has 3 heterocycles. The van der Waals surface area contributed by atoms with Gasteiger partial charge in [-0.2, -0.15) is 0 Å². The van der Waals surface area contributed by atoms with E-state index >= 15 is 0 Å². The van der Waals surface area contributed by atoms with Crippen molar-refractivity contribution < 1.29 is 24.0 Å². The van der Waals surface area contributed by atoms with Crippen LogP contribution in [0.3, 0.4) is 0 Å². The van der Waals surface area contributed by atoms with Crippen molar-refractivity contribution in [2.24, 2.45) is 4.99 Å². The van der Waals surface area contributed by atoms with Gasteiger partial charge in [0.05, 0.1) is 12.8 Å². The van der Waals surface area contributed by atoms with Crippen LogP contribution in [-0.2, 0) is 14.4 Å². The third-order valence-corrected chi connectivity index (χ3v) is 6.29. The Kier molecular flexibility index (Phi) is 7.60. The first-order chi connectivity index (χ1) is 19.0. The lowest BCUT2D eigenvalue weighted by atomic mass is 10.2. The maximum atomic E-state index is 13.7. The third-order valence-electron chi connectivity index (χ3n) is 6.29. The van der Waals surface area contributed by atoms with E-state index in [-0.39, 0.29) is 11.4 Å². The topological polar surface area (TPSA) is 117 Å². The molecule has 0 atom stereocenters. The molecule has 0 bridgehead atoms. The number of methoxy groups -OCH3 is 1. The number of aliphatic imine (C=N–C) groups is 1. The average Bonchev–Trinajstić information content (AvgIpc) is 3.36. The van der Waals surface area contributed by atoms with Crippen molar-refractivity contribution in [3.05, 3.63) is 96.3 Å². The summed E-state index contributed by atoms with van der Waals surface area (Å²) in [5.41, 5.74) is 3.24. The van der Waals surface area contributed by atoms with Gasteiger partial charge in [-0.05, 0) is 48.5 Å². The number of nitrogens with one attached hydrogen (secondary N) is 1. The van der Waals surface area contributed by atoms with Gasteiger partial charge >= 0.3 is 5.97 Å². The third kappa shape index (κ3) is 5.78. The molecule has 2 saturated heterocycles. The van der Waals surface area contributed by atoms with E-state index in [0.717, 1.165) is 5.82 Å². The number of hydrogen-bond donors (Lipinski definition) is 1. The van der Waals surface area contributed by atoms with Gasteiger partial charge in [0.1, 0.15) is 17.3 Å². The fourth-order valence-corrected chi connectivity index (χ4v) is 4.19. The molecule has 0 radical (unpaired) electrons. The van der Waals surface area contributed by atoms with E-state index in [1.807, 2.05) is 18.2 Å². The zero-order valence-electron chi connectivity index (χ0n) is 21.2. The smallest absolute Gasteiger partial charge is 0.376 e. The van der Waals surface area contributed by atoms with Crippen molar-refractivity contribution >= 4 is 35.0 Å². The van der Waals surface area contributed by atoms with E-state index in [2.05, 4.69) is 20.5 Å². The summed E-state index contributed by atoms with van der Waals surface area (Å²) in [7, 11) is 1.55. The van der Waals surface area contributed by atoms with Crippen molar-refractivity contribution in [2.45, 2.75) is 0 Å². The number of carbonyl (C=O) groups is 3. The first-order valence-electron chi connectivity index (χ1n) is 12.3. The maximum Gasteiger partial charge on any atom is 0.376 e. The minimum atomic E-state index is -0.724. The largest absolute Gasteiger partial charge is 0.497 e. The summed E-state index contributed by atoms with van der Waals surface area (Å²) in [5, 5.41) is 1.37. The highest BCUT2D eigenvalue weighted by Gasteiger charge is 2.32. The fourth-order valence-electron chi connectivity index (χ4n) is 4.19. The van der Waals surface area contributed by atoms with Crippen LogP contribution in [0.5, 0.6) is 5.75 Å². The molecule has 1 aromatic heterocycles. The molecule has 39 heavy (non-hydrogen) atoms. The van der Waals surface area contributed by atoms with Crippen LogP contribution in [-0.4, -0.2) is 66.7 Å². The highest BCUT2D eigenvalue weighted by Crippen LogP contribution is 2.25. The first kappa shape index (κ1) is 25.6. The molecule has 198 valence electrons. The van der Waals surface area contributed by atoms with Gasteiger partial charge < -0.3 is 19.4 Å². The monoisotopic (exact) mass is 526 g/mol. The standard InChI is InChI=1S/C28H26N6O5/c1-38-22-12-10-21(11-13-22)34-24(28(37)39-31-34)19-23(30-26(35)20-7-3-2-4-8-20)27(36)33-17-15-32(16-18-33)25-9-5-6-14-29-25/h2-14,19,31H,15-18H2,1H3/b24-19+,30-23?. The fraction of sp³-hybridized carbons (Fsp3) is 0.179. The van der Waals surface area contributed by atoms with Crippen molar-refractivity contribution in [3.63, 3.8) is 0 Å². The number of hydrogen-bond acceptors (Lipinski definition) is 9. The Bertz CT molecular complexity index is 1400. The number of piperazine rings is 1. The lowest BCUT2D eigenvalue weighted by Gasteiger charge is -2.35. The van der Waals surface area contributed by atoms with Gasteiger partial charge in [0.2, 0.25) is 0 Å². The summed E-state index contributed by atoms with van der Waals surface area (Å²) in [6, 6.07) is 21.0. The quantitative estimate of drug-likeness (QED) is 0.382. The minimum absolute atomic E-state index is 0.000232. The molecule has 2 amide bonds. The maximum absolute atomic E-state index is 13.7. The second-order valence-corrected chi connectivity index (χ2v) is 8.68. The molecule has 11 nitrogen and oxygen atoms in total. The van der Waals surface area contributed by atoms with Crippen molar-refractivity contribution in [3.8, 4) is 5.75 Å². The number of aromatic nitrogens is 1. The molecule has 0 spiro atoms. The number of amides is 2. The molecule has 2 aliphatic rings.